The van der Waals surface area contributed by atoms with Gasteiger partial charge in [0, 0.05) is 12.8 Å². The first-order valence-corrected chi connectivity index (χ1v) is 8.62. The highest BCUT2D eigenvalue weighted by molar-refractivity contribution is 5.79. The molecule has 2 heteroatoms. The second-order valence-corrected chi connectivity index (χ2v) is 5.81. The van der Waals surface area contributed by atoms with Gasteiger partial charge in [0.2, 0.25) is 0 Å². The van der Waals surface area contributed by atoms with Crippen molar-refractivity contribution < 1.29 is 5.11 Å². The lowest BCUT2D eigenvalue weighted by atomic mass is 10.1. The van der Waals surface area contributed by atoms with Crippen molar-refractivity contribution in [2.75, 3.05) is 6.54 Å². The molecule has 118 valence electrons. The van der Waals surface area contributed by atoms with Gasteiger partial charge in [0.05, 0.1) is 0 Å². The maximum Gasteiger partial charge on any atom is 0.115 e. The second-order valence-electron chi connectivity index (χ2n) is 5.81. The smallest absolute Gasteiger partial charge is 0.115 e. The summed E-state index contributed by atoms with van der Waals surface area (Å²) < 4.78 is 0. The van der Waals surface area contributed by atoms with Crippen LogP contribution in [0.15, 0.2) is 29.3 Å². The van der Waals surface area contributed by atoms with E-state index in [2.05, 4.69) is 11.9 Å². The highest BCUT2D eigenvalue weighted by Crippen LogP contribution is 2.11. The van der Waals surface area contributed by atoms with Crippen molar-refractivity contribution in [3.8, 4) is 5.75 Å². The summed E-state index contributed by atoms with van der Waals surface area (Å²) in [5.41, 5.74) is 1.06. The monoisotopic (exact) mass is 289 g/mol. The van der Waals surface area contributed by atoms with E-state index in [-0.39, 0.29) is 0 Å². The molecule has 1 aromatic rings. The molecule has 0 atom stereocenters. The number of aromatic hydroxyl groups is 1. The van der Waals surface area contributed by atoms with Gasteiger partial charge >= 0.3 is 0 Å². The van der Waals surface area contributed by atoms with E-state index in [1.807, 2.05) is 18.3 Å². The van der Waals surface area contributed by atoms with Gasteiger partial charge in [-0.1, -0.05) is 64.7 Å². The Hall–Kier alpha value is -1.31. The van der Waals surface area contributed by atoms with Gasteiger partial charge < -0.3 is 5.11 Å². The Morgan fingerprint density at radius 2 is 1.33 bits per heavy atom. The van der Waals surface area contributed by atoms with Crippen LogP contribution >= 0.6 is 0 Å². The van der Waals surface area contributed by atoms with Crippen LogP contribution in [0.3, 0.4) is 0 Å². The first-order valence-electron chi connectivity index (χ1n) is 8.62. The minimum absolute atomic E-state index is 0.307. The lowest BCUT2D eigenvalue weighted by molar-refractivity contribution is 0.475. The van der Waals surface area contributed by atoms with Crippen LogP contribution in [0, 0.1) is 0 Å². The van der Waals surface area contributed by atoms with Gasteiger partial charge in [0.25, 0.3) is 0 Å². The van der Waals surface area contributed by atoms with Crippen LogP contribution in [0.25, 0.3) is 0 Å². The number of hydrogen-bond donors (Lipinski definition) is 1. The molecule has 21 heavy (non-hydrogen) atoms. The molecule has 0 heterocycles. The molecule has 0 saturated heterocycles. The highest BCUT2D eigenvalue weighted by atomic mass is 16.3. The van der Waals surface area contributed by atoms with Gasteiger partial charge in [0.1, 0.15) is 5.75 Å². The summed E-state index contributed by atoms with van der Waals surface area (Å²) >= 11 is 0. The molecule has 0 aromatic heterocycles. The van der Waals surface area contributed by atoms with Crippen molar-refractivity contribution in [1.29, 1.82) is 0 Å². The predicted molar refractivity (Wildman–Crippen MR) is 92.4 cm³/mol. The molecule has 1 aromatic carbocycles. The summed E-state index contributed by atoms with van der Waals surface area (Å²) in [7, 11) is 0. The zero-order chi connectivity index (χ0) is 15.2. The van der Waals surface area contributed by atoms with E-state index in [0.29, 0.717) is 5.75 Å². The zero-order valence-electron chi connectivity index (χ0n) is 13.6. The first-order chi connectivity index (χ1) is 10.3. The average molecular weight is 289 g/mol. The quantitative estimate of drug-likeness (QED) is 0.386. The topological polar surface area (TPSA) is 32.6 Å². The maximum absolute atomic E-state index is 9.18. The summed E-state index contributed by atoms with van der Waals surface area (Å²) in [6, 6.07) is 7.17. The van der Waals surface area contributed by atoms with Crippen LogP contribution < -0.4 is 0 Å². The number of rotatable bonds is 12. The fourth-order valence-electron chi connectivity index (χ4n) is 2.42. The fraction of sp³-hybridized carbons (Fsp3) is 0.632. The third-order valence-corrected chi connectivity index (χ3v) is 3.77. The SMILES string of the molecule is CCCCCCCCCCCCN=Cc1ccc(O)cc1. The van der Waals surface area contributed by atoms with Crippen molar-refractivity contribution in [2.45, 2.75) is 71.1 Å². The standard InChI is InChI=1S/C19H31NO/c1-2-3-4-5-6-7-8-9-10-11-16-20-17-18-12-14-19(21)15-13-18/h12-15,17,21H,2-11,16H2,1H3. The Bertz CT molecular complexity index is 370. The molecule has 0 amide bonds. The van der Waals surface area contributed by atoms with Crippen LogP contribution in [-0.4, -0.2) is 17.9 Å². The van der Waals surface area contributed by atoms with E-state index >= 15 is 0 Å². The molecule has 0 saturated carbocycles. The molecule has 1 rings (SSSR count). The van der Waals surface area contributed by atoms with Gasteiger partial charge in [-0.05, 0) is 36.2 Å². The van der Waals surface area contributed by atoms with Gasteiger partial charge in [-0.3, -0.25) is 4.99 Å². The van der Waals surface area contributed by atoms with E-state index in [1.165, 1.54) is 64.2 Å². The lowest BCUT2D eigenvalue weighted by Crippen LogP contribution is -1.86. The Balaban J connectivity index is 1.89. The van der Waals surface area contributed by atoms with E-state index in [9.17, 15) is 5.11 Å². The van der Waals surface area contributed by atoms with Gasteiger partial charge in [-0.2, -0.15) is 0 Å². The minimum Gasteiger partial charge on any atom is -0.508 e. The van der Waals surface area contributed by atoms with Gasteiger partial charge in [-0.25, -0.2) is 0 Å². The Morgan fingerprint density at radius 3 is 1.90 bits per heavy atom. The number of phenolic OH excluding ortho intramolecular Hbond substituents is 1. The molecule has 2 nitrogen and oxygen atoms in total. The summed E-state index contributed by atoms with van der Waals surface area (Å²) in [6.07, 6.45) is 15.5. The van der Waals surface area contributed by atoms with Crippen LogP contribution in [0.5, 0.6) is 5.75 Å². The van der Waals surface area contributed by atoms with E-state index < -0.39 is 0 Å². The van der Waals surface area contributed by atoms with Crippen molar-refractivity contribution >= 4 is 6.21 Å². The lowest BCUT2D eigenvalue weighted by Gasteiger charge is -2.01. The van der Waals surface area contributed by atoms with Crippen molar-refractivity contribution in [2.24, 2.45) is 4.99 Å². The second kappa shape index (κ2) is 12.4. The van der Waals surface area contributed by atoms with Crippen LogP contribution in [0.4, 0.5) is 0 Å². The molecule has 0 aliphatic heterocycles. The third-order valence-electron chi connectivity index (χ3n) is 3.77. The fourth-order valence-corrected chi connectivity index (χ4v) is 2.42. The third kappa shape index (κ3) is 10.1. The predicted octanol–water partition coefficient (Wildman–Crippen LogP) is 5.73. The Labute approximate surface area is 130 Å². The molecular formula is C19H31NO. The summed E-state index contributed by atoms with van der Waals surface area (Å²) in [4.78, 5) is 4.43. The maximum atomic E-state index is 9.18. The molecule has 0 unspecified atom stereocenters. The number of hydrogen-bond acceptors (Lipinski definition) is 2. The van der Waals surface area contributed by atoms with Crippen LogP contribution in [-0.2, 0) is 0 Å². The Kier molecular flexibility index (Phi) is 10.5. The van der Waals surface area contributed by atoms with Crippen molar-refractivity contribution in [3.05, 3.63) is 29.8 Å². The molecule has 1 N–H and O–H groups in total. The van der Waals surface area contributed by atoms with Crippen molar-refractivity contribution in [1.82, 2.24) is 0 Å². The number of phenols is 1. The molecular weight excluding hydrogens is 258 g/mol. The van der Waals surface area contributed by atoms with Gasteiger partial charge in [0.15, 0.2) is 0 Å². The number of benzene rings is 1. The van der Waals surface area contributed by atoms with Crippen LogP contribution in [0.1, 0.15) is 76.7 Å². The highest BCUT2D eigenvalue weighted by Gasteiger charge is 1.92. The molecule has 0 radical (unpaired) electrons. The minimum atomic E-state index is 0.307. The molecule has 0 aliphatic rings. The molecule has 0 spiro atoms. The van der Waals surface area contributed by atoms with Crippen molar-refractivity contribution in [3.63, 3.8) is 0 Å². The van der Waals surface area contributed by atoms with E-state index in [0.717, 1.165) is 12.1 Å². The number of nitrogens with zero attached hydrogens (tertiary/aromatic N) is 1. The van der Waals surface area contributed by atoms with E-state index in [1.54, 1.807) is 12.1 Å². The number of unbranched alkanes of at least 4 members (excludes halogenated alkanes) is 9. The largest absolute Gasteiger partial charge is 0.508 e. The normalized spacial score (nSPS) is 11.3. The molecule has 0 aliphatic carbocycles. The first kappa shape index (κ1) is 17.7. The average Bonchev–Trinajstić information content (AvgIpc) is 2.50. The van der Waals surface area contributed by atoms with E-state index in [4.69, 9.17) is 0 Å². The zero-order valence-corrected chi connectivity index (χ0v) is 13.6. The van der Waals surface area contributed by atoms with Gasteiger partial charge in [-0.15, -0.1) is 0 Å². The summed E-state index contributed by atoms with van der Waals surface area (Å²) in [6.45, 7) is 3.18. The summed E-state index contributed by atoms with van der Waals surface area (Å²) in [5.74, 6) is 0.307. The van der Waals surface area contributed by atoms with Crippen LogP contribution in [0.2, 0.25) is 0 Å². The number of aliphatic imine (C=N–C) groups is 1. The molecule has 0 bridgehead atoms. The Morgan fingerprint density at radius 1 is 0.810 bits per heavy atom. The summed E-state index contributed by atoms with van der Waals surface area (Å²) in [5, 5.41) is 9.18. The molecule has 0 fully saturated rings.